The van der Waals surface area contributed by atoms with Crippen molar-refractivity contribution < 1.29 is 31.8 Å². The molecule has 1 unspecified atom stereocenters. The van der Waals surface area contributed by atoms with Gasteiger partial charge in [-0.3, -0.25) is 4.90 Å². The number of benzene rings is 4. The summed E-state index contributed by atoms with van der Waals surface area (Å²) in [4.78, 5) is 15.7. The fraction of sp³-hybridized carbons (Fsp3) is 0.212. The van der Waals surface area contributed by atoms with E-state index in [0.29, 0.717) is 28.4 Å². The highest BCUT2D eigenvalue weighted by molar-refractivity contribution is 6.09. The third-order valence-electron chi connectivity index (χ3n) is 6.63. The molecule has 10 heteroatoms. The number of rotatable bonds is 8. The lowest BCUT2D eigenvalue weighted by Crippen LogP contribution is -2.37. The third kappa shape index (κ3) is 7.32. The first-order valence-corrected chi connectivity index (χ1v) is 13.6. The van der Waals surface area contributed by atoms with Gasteiger partial charge in [-0.2, -0.15) is 18.3 Å². The molecule has 0 aromatic heterocycles. The highest BCUT2D eigenvalue weighted by Crippen LogP contribution is 2.34. The lowest BCUT2D eigenvalue weighted by Gasteiger charge is -2.27. The van der Waals surface area contributed by atoms with Crippen LogP contribution in [-0.4, -0.2) is 42.2 Å². The molecule has 0 saturated carbocycles. The summed E-state index contributed by atoms with van der Waals surface area (Å²) in [7, 11) is 0. The number of nitrogens with zero attached hydrogens (tertiary/aromatic N) is 3. The molecule has 4 aromatic rings. The normalized spacial score (nSPS) is 14.9. The van der Waals surface area contributed by atoms with E-state index in [1.165, 1.54) is 29.3 Å². The van der Waals surface area contributed by atoms with Crippen LogP contribution >= 0.6 is 0 Å². The van der Waals surface area contributed by atoms with Gasteiger partial charge in [0.05, 0.1) is 29.7 Å². The first-order chi connectivity index (χ1) is 20.6. The number of carbonyl (C=O) groups excluding carboxylic acids is 1. The first-order valence-electron chi connectivity index (χ1n) is 13.6. The summed E-state index contributed by atoms with van der Waals surface area (Å²) in [6.07, 6.45) is -4.47. The van der Waals surface area contributed by atoms with Crippen molar-refractivity contribution in [2.24, 2.45) is 5.10 Å². The number of hydrazone groups is 1. The van der Waals surface area contributed by atoms with Crippen molar-refractivity contribution in [3.63, 3.8) is 0 Å². The van der Waals surface area contributed by atoms with Gasteiger partial charge in [-0.15, -0.1) is 0 Å². The van der Waals surface area contributed by atoms with Crippen molar-refractivity contribution in [1.82, 2.24) is 5.01 Å². The second-order valence-corrected chi connectivity index (χ2v) is 10.2. The summed E-state index contributed by atoms with van der Waals surface area (Å²) < 4.78 is 62.2. The predicted octanol–water partition coefficient (Wildman–Crippen LogP) is 8.32. The Bertz CT molecular complexity index is 1560. The zero-order valence-electron chi connectivity index (χ0n) is 23.5. The molecule has 6 nitrogen and oxygen atoms in total. The van der Waals surface area contributed by atoms with Crippen LogP contribution in [0.15, 0.2) is 108 Å². The van der Waals surface area contributed by atoms with Gasteiger partial charge in [-0.1, -0.05) is 30.3 Å². The highest BCUT2D eigenvalue weighted by Gasteiger charge is 2.35. The summed E-state index contributed by atoms with van der Waals surface area (Å²) in [5.41, 5.74) is 3.05. The monoisotopic (exact) mass is 591 g/mol. The summed E-state index contributed by atoms with van der Waals surface area (Å²) in [5, 5.41) is 6.05. The molecule has 43 heavy (non-hydrogen) atoms. The van der Waals surface area contributed by atoms with Crippen LogP contribution in [-0.2, 0) is 0 Å². The number of carbonyl (C=O) groups is 1. The van der Waals surface area contributed by atoms with Gasteiger partial charge < -0.3 is 9.47 Å². The molecule has 1 atom stereocenters. The SMILES string of the molecule is CC(C)Oc1ccc(N(C(=O)N2CC(c3ccc(F)cc3)C(c3ccc(OCC(F)(F)F)cc3)=N2)c2ccccc2)cc1. The molecule has 0 fully saturated rings. The molecule has 0 saturated heterocycles. The number of ether oxygens (including phenoxy) is 2. The number of amides is 2. The van der Waals surface area contributed by atoms with Gasteiger partial charge in [0.25, 0.3) is 0 Å². The molecule has 0 aliphatic carbocycles. The van der Waals surface area contributed by atoms with E-state index in [4.69, 9.17) is 14.6 Å². The van der Waals surface area contributed by atoms with Crippen LogP contribution in [0.3, 0.4) is 0 Å². The molecule has 4 aromatic carbocycles. The minimum atomic E-state index is -4.46. The second-order valence-electron chi connectivity index (χ2n) is 10.2. The molecule has 5 rings (SSSR count). The van der Waals surface area contributed by atoms with Crippen LogP contribution in [0.25, 0.3) is 0 Å². The quantitative estimate of drug-likeness (QED) is 0.194. The maximum atomic E-state index is 14.2. The molecule has 222 valence electrons. The molecular formula is C33H29F4N3O3. The van der Waals surface area contributed by atoms with Crippen LogP contribution in [0.2, 0.25) is 0 Å². The number of hydrogen-bond donors (Lipinski definition) is 0. The lowest BCUT2D eigenvalue weighted by atomic mass is 9.90. The molecule has 1 aliphatic rings. The van der Waals surface area contributed by atoms with Crippen molar-refractivity contribution >= 4 is 23.1 Å². The summed E-state index contributed by atoms with van der Waals surface area (Å²) in [6, 6.07) is 27.9. The van der Waals surface area contributed by atoms with Gasteiger partial charge in [-0.25, -0.2) is 14.2 Å². The van der Waals surface area contributed by atoms with Gasteiger partial charge >= 0.3 is 12.2 Å². The molecule has 0 bridgehead atoms. The zero-order valence-corrected chi connectivity index (χ0v) is 23.5. The van der Waals surface area contributed by atoms with E-state index in [1.54, 1.807) is 53.4 Å². The summed E-state index contributed by atoms with van der Waals surface area (Å²) >= 11 is 0. The van der Waals surface area contributed by atoms with Crippen molar-refractivity contribution in [3.8, 4) is 11.5 Å². The van der Waals surface area contributed by atoms with E-state index in [1.807, 2.05) is 44.2 Å². The van der Waals surface area contributed by atoms with Gasteiger partial charge in [-0.05, 0) is 97.8 Å². The first kappa shape index (κ1) is 29.6. The standard InChI is InChI=1S/C33H29F4N3O3/c1-22(2)43-29-18-14-27(15-19-29)40(26-6-4-3-5-7-26)32(41)39-20-30(23-8-12-25(34)13-9-23)31(38-39)24-10-16-28(17-11-24)42-21-33(35,36)37/h3-19,22,30H,20-21H2,1-2H3. The molecule has 0 radical (unpaired) electrons. The van der Waals surface area contributed by atoms with Crippen LogP contribution in [0, 0.1) is 5.82 Å². The third-order valence-corrected chi connectivity index (χ3v) is 6.63. The number of alkyl halides is 3. The Morgan fingerprint density at radius 2 is 1.49 bits per heavy atom. The largest absolute Gasteiger partial charge is 0.491 e. The molecule has 1 aliphatic heterocycles. The van der Waals surface area contributed by atoms with Crippen molar-refractivity contribution in [2.45, 2.75) is 32.0 Å². The predicted molar refractivity (Wildman–Crippen MR) is 157 cm³/mol. The molecule has 0 spiro atoms. The number of urea groups is 1. The molecule has 0 N–H and O–H groups in total. The number of hydrogen-bond acceptors (Lipinski definition) is 4. The molecule has 2 amide bonds. The van der Waals surface area contributed by atoms with Gasteiger partial charge in [0.1, 0.15) is 17.3 Å². The average molecular weight is 592 g/mol. The summed E-state index contributed by atoms with van der Waals surface area (Å²) in [5.74, 6) is -0.115. The Morgan fingerprint density at radius 3 is 2.09 bits per heavy atom. The average Bonchev–Trinajstić information content (AvgIpc) is 3.43. The van der Waals surface area contributed by atoms with E-state index in [2.05, 4.69) is 0 Å². The Labute approximate surface area is 246 Å². The number of anilines is 2. The number of halogens is 4. The Kier molecular flexibility index (Phi) is 8.66. The fourth-order valence-corrected chi connectivity index (χ4v) is 4.73. The van der Waals surface area contributed by atoms with Crippen LogP contribution < -0.4 is 14.4 Å². The van der Waals surface area contributed by atoms with Crippen LogP contribution in [0.4, 0.5) is 33.7 Å². The van der Waals surface area contributed by atoms with Crippen LogP contribution in [0.5, 0.6) is 11.5 Å². The molecular weight excluding hydrogens is 562 g/mol. The van der Waals surface area contributed by atoms with Crippen molar-refractivity contribution in [2.75, 3.05) is 18.1 Å². The zero-order chi connectivity index (χ0) is 30.6. The van der Waals surface area contributed by atoms with Gasteiger partial charge in [0.2, 0.25) is 0 Å². The Balaban J connectivity index is 1.49. The van der Waals surface area contributed by atoms with Crippen molar-refractivity contribution in [1.29, 1.82) is 0 Å². The van der Waals surface area contributed by atoms with E-state index in [0.717, 1.165) is 5.56 Å². The lowest BCUT2D eigenvalue weighted by molar-refractivity contribution is -0.153. The van der Waals surface area contributed by atoms with Gasteiger partial charge in [0, 0.05) is 5.92 Å². The maximum absolute atomic E-state index is 14.2. The highest BCUT2D eigenvalue weighted by atomic mass is 19.4. The van der Waals surface area contributed by atoms with E-state index in [-0.39, 0.29) is 18.4 Å². The number of para-hydroxylation sites is 1. The van der Waals surface area contributed by atoms with E-state index in [9.17, 15) is 22.4 Å². The minimum Gasteiger partial charge on any atom is -0.491 e. The van der Waals surface area contributed by atoms with E-state index >= 15 is 0 Å². The van der Waals surface area contributed by atoms with E-state index < -0.39 is 30.5 Å². The summed E-state index contributed by atoms with van der Waals surface area (Å²) in [6.45, 7) is 2.60. The smallest absolute Gasteiger partial charge is 0.422 e. The Hall–Kier alpha value is -4.86. The van der Waals surface area contributed by atoms with Gasteiger partial charge in [0.15, 0.2) is 6.61 Å². The van der Waals surface area contributed by atoms with Crippen LogP contribution in [0.1, 0.15) is 30.9 Å². The van der Waals surface area contributed by atoms with Crippen molar-refractivity contribution in [3.05, 3.63) is 120 Å². The fourth-order valence-electron chi connectivity index (χ4n) is 4.73. The second kappa shape index (κ2) is 12.6. The topological polar surface area (TPSA) is 54.4 Å². The Morgan fingerprint density at radius 1 is 0.884 bits per heavy atom. The minimum absolute atomic E-state index is 0.0104. The maximum Gasteiger partial charge on any atom is 0.422 e. The molecule has 1 heterocycles.